The summed E-state index contributed by atoms with van der Waals surface area (Å²) in [6.07, 6.45) is 1.12. The minimum absolute atomic E-state index is 0.225. The zero-order valence-electron chi connectivity index (χ0n) is 13.2. The first-order valence-electron chi connectivity index (χ1n) is 7.67. The molecule has 1 aromatic rings. The van der Waals surface area contributed by atoms with Crippen molar-refractivity contribution < 1.29 is 13.5 Å². The highest BCUT2D eigenvalue weighted by Crippen LogP contribution is 2.09. The Kier molecular flexibility index (Phi) is 8.45. The predicted molar refractivity (Wildman–Crippen MR) is 79.8 cm³/mol. The van der Waals surface area contributed by atoms with Gasteiger partial charge in [0.25, 0.3) is 6.43 Å². The zero-order chi connectivity index (χ0) is 15.7. The van der Waals surface area contributed by atoms with Crippen molar-refractivity contribution in [2.75, 3.05) is 19.8 Å². The molecule has 4 nitrogen and oxygen atoms in total. The molecule has 0 radical (unpaired) electrons. The number of aromatic nitrogens is 2. The summed E-state index contributed by atoms with van der Waals surface area (Å²) >= 11 is 0. The lowest BCUT2D eigenvalue weighted by atomic mass is 10.1. The van der Waals surface area contributed by atoms with Crippen LogP contribution in [0.3, 0.4) is 0 Å². The Morgan fingerprint density at radius 2 is 2.14 bits per heavy atom. The van der Waals surface area contributed by atoms with Crippen LogP contribution in [0.2, 0.25) is 0 Å². The molecular weight excluding hydrogens is 276 g/mol. The van der Waals surface area contributed by atoms with Gasteiger partial charge in [-0.05, 0) is 31.9 Å². The summed E-state index contributed by atoms with van der Waals surface area (Å²) in [6.45, 7) is 4.97. The maximum atomic E-state index is 12.1. The van der Waals surface area contributed by atoms with Crippen molar-refractivity contribution in [1.29, 1.82) is 0 Å². The molecule has 1 rings (SSSR count). The summed E-state index contributed by atoms with van der Waals surface area (Å²) < 4.78 is 31.0. The molecule has 1 aromatic heterocycles. The molecule has 0 aliphatic heterocycles. The number of nitrogens with zero attached hydrogens (tertiary/aromatic N) is 2. The molecule has 6 heteroatoms. The Hall–Kier alpha value is -1.01. The van der Waals surface area contributed by atoms with E-state index in [2.05, 4.69) is 30.3 Å². The summed E-state index contributed by atoms with van der Waals surface area (Å²) in [5, 5.41) is 7.89. The summed E-state index contributed by atoms with van der Waals surface area (Å²) in [5.41, 5.74) is 2.24. The number of aryl methyl sites for hydroxylation is 2. The first-order chi connectivity index (χ1) is 10.1. The predicted octanol–water partition coefficient (Wildman–Crippen LogP) is 2.57. The maximum Gasteiger partial charge on any atom is 0.261 e. The molecule has 0 saturated carbocycles. The van der Waals surface area contributed by atoms with Gasteiger partial charge in [-0.15, -0.1) is 0 Å². The van der Waals surface area contributed by atoms with Crippen LogP contribution >= 0.6 is 0 Å². The van der Waals surface area contributed by atoms with Gasteiger partial charge in [-0.1, -0.05) is 13.8 Å². The number of halogens is 2. The molecule has 0 aliphatic carbocycles. The number of rotatable bonds is 11. The highest BCUT2D eigenvalue weighted by Gasteiger charge is 2.13. The standard InChI is InChI=1S/C15H27F2N3O/c1-4-7-18-13(6-8-21-11-15(16)17)10-14-9-12(5-2)19-20(14)3/h9,13,15,18H,4-8,10-11H2,1-3H3. The molecule has 0 aromatic carbocycles. The first kappa shape index (κ1) is 18.0. The SMILES string of the molecule is CCCNC(CCOCC(F)F)Cc1cc(CC)nn1C. The fourth-order valence-corrected chi connectivity index (χ4v) is 2.21. The third-order valence-corrected chi connectivity index (χ3v) is 3.38. The third-order valence-electron chi connectivity index (χ3n) is 3.38. The Bertz CT molecular complexity index is 396. The highest BCUT2D eigenvalue weighted by molar-refractivity contribution is 5.11. The second-order valence-corrected chi connectivity index (χ2v) is 5.21. The number of nitrogens with one attached hydrogen (secondary N) is 1. The molecule has 21 heavy (non-hydrogen) atoms. The normalized spacial score (nSPS) is 13.0. The van der Waals surface area contributed by atoms with Crippen LogP contribution in [0.4, 0.5) is 8.78 Å². The van der Waals surface area contributed by atoms with Crippen LogP contribution in [-0.4, -0.2) is 42.0 Å². The first-order valence-corrected chi connectivity index (χ1v) is 7.67. The van der Waals surface area contributed by atoms with Gasteiger partial charge in [-0.25, -0.2) is 8.78 Å². The fraction of sp³-hybridized carbons (Fsp3) is 0.800. The molecule has 1 heterocycles. The van der Waals surface area contributed by atoms with E-state index in [1.807, 2.05) is 11.7 Å². The van der Waals surface area contributed by atoms with Crippen molar-refractivity contribution in [2.24, 2.45) is 7.05 Å². The Morgan fingerprint density at radius 1 is 1.38 bits per heavy atom. The molecule has 0 saturated heterocycles. The largest absolute Gasteiger partial charge is 0.375 e. The van der Waals surface area contributed by atoms with Crippen LogP contribution < -0.4 is 5.32 Å². The van der Waals surface area contributed by atoms with E-state index in [4.69, 9.17) is 4.74 Å². The molecule has 122 valence electrons. The van der Waals surface area contributed by atoms with E-state index in [9.17, 15) is 8.78 Å². The van der Waals surface area contributed by atoms with Crippen molar-refractivity contribution in [1.82, 2.24) is 15.1 Å². The highest BCUT2D eigenvalue weighted by atomic mass is 19.3. The smallest absolute Gasteiger partial charge is 0.261 e. The third kappa shape index (κ3) is 7.00. The Balaban J connectivity index is 2.49. The zero-order valence-corrected chi connectivity index (χ0v) is 13.2. The van der Waals surface area contributed by atoms with Gasteiger partial charge in [-0.2, -0.15) is 5.10 Å². The van der Waals surface area contributed by atoms with E-state index >= 15 is 0 Å². The topological polar surface area (TPSA) is 39.1 Å². The second kappa shape index (κ2) is 9.84. The number of alkyl halides is 2. The molecule has 0 spiro atoms. The summed E-state index contributed by atoms with van der Waals surface area (Å²) in [5.74, 6) is 0. The van der Waals surface area contributed by atoms with Crippen LogP contribution in [-0.2, 0) is 24.6 Å². The van der Waals surface area contributed by atoms with E-state index in [1.54, 1.807) is 0 Å². The van der Waals surface area contributed by atoms with E-state index in [-0.39, 0.29) is 6.04 Å². The second-order valence-electron chi connectivity index (χ2n) is 5.21. The molecule has 1 atom stereocenters. The number of hydrogen-bond donors (Lipinski definition) is 1. The van der Waals surface area contributed by atoms with Crippen LogP contribution in [0, 0.1) is 0 Å². The number of ether oxygens (including phenoxy) is 1. The molecule has 1 N–H and O–H groups in total. The van der Waals surface area contributed by atoms with E-state index in [1.165, 1.54) is 0 Å². The van der Waals surface area contributed by atoms with Gasteiger partial charge in [0.15, 0.2) is 0 Å². The quantitative estimate of drug-likeness (QED) is 0.639. The van der Waals surface area contributed by atoms with Crippen molar-refractivity contribution in [2.45, 2.75) is 52.0 Å². The van der Waals surface area contributed by atoms with Crippen LogP contribution in [0.1, 0.15) is 38.1 Å². The maximum absolute atomic E-state index is 12.1. The molecular formula is C15H27F2N3O. The van der Waals surface area contributed by atoms with Crippen LogP contribution in [0.25, 0.3) is 0 Å². The minimum atomic E-state index is -2.39. The lowest BCUT2D eigenvalue weighted by Crippen LogP contribution is -2.33. The monoisotopic (exact) mass is 303 g/mol. The van der Waals surface area contributed by atoms with Gasteiger partial charge >= 0.3 is 0 Å². The summed E-state index contributed by atoms with van der Waals surface area (Å²) in [6, 6.07) is 2.34. The van der Waals surface area contributed by atoms with Gasteiger partial charge in [0.2, 0.25) is 0 Å². The van der Waals surface area contributed by atoms with Gasteiger partial charge < -0.3 is 10.1 Å². The lowest BCUT2D eigenvalue weighted by molar-refractivity contribution is 0.0144. The average Bonchev–Trinajstić information content (AvgIpc) is 2.80. The molecule has 0 amide bonds. The molecule has 0 fully saturated rings. The van der Waals surface area contributed by atoms with Gasteiger partial charge in [0.1, 0.15) is 6.61 Å². The van der Waals surface area contributed by atoms with Crippen molar-refractivity contribution in [3.63, 3.8) is 0 Å². The lowest BCUT2D eigenvalue weighted by Gasteiger charge is -2.18. The Labute approximate surface area is 125 Å². The van der Waals surface area contributed by atoms with Crippen LogP contribution in [0.15, 0.2) is 6.07 Å². The van der Waals surface area contributed by atoms with Crippen molar-refractivity contribution in [3.8, 4) is 0 Å². The van der Waals surface area contributed by atoms with Crippen molar-refractivity contribution >= 4 is 0 Å². The summed E-state index contributed by atoms with van der Waals surface area (Å²) in [7, 11) is 1.94. The van der Waals surface area contributed by atoms with Crippen molar-refractivity contribution in [3.05, 3.63) is 17.5 Å². The van der Waals surface area contributed by atoms with E-state index in [0.29, 0.717) is 6.61 Å². The molecule has 1 unspecified atom stereocenters. The van der Waals surface area contributed by atoms with Crippen LogP contribution in [0.5, 0.6) is 0 Å². The number of hydrogen-bond acceptors (Lipinski definition) is 3. The molecule has 0 aliphatic rings. The molecule has 0 bridgehead atoms. The fourth-order valence-electron chi connectivity index (χ4n) is 2.21. The van der Waals surface area contributed by atoms with Gasteiger partial charge in [-0.3, -0.25) is 4.68 Å². The van der Waals surface area contributed by atoms with E-state index in [0.717, 1.165) is 43.6 Å². The average molecular weight is 303 g/mol. The van der Waals surface area contributed by atoms with E-state index < -0.39 is 13.0 Å². The van der Waals surface area contributed by atoms with Gasteiger partial charge in [0, 0.05) is 31.8 Å². The van der Waals surface area contributed by atoms with Gasteiger partial charge in [0.05, 0.1) is 5.69 Å². The summed E-state index contributed by atoms with van der Waals surface area (Å²) in [4.78, 5) is 0. The minimum Gasteiger partial charge on any atom is -0.375 e. The Morgan fingerprint density at radius 3 is 2.71 bits per heavy atom.